The van der Waals surface area contributed by atoms with Gasteiger partial charge in [0, 0.05) is 11.5 Å². The summed E-state index contributed by atoms with van der Waals surface area (Å²) in [7, 11) is 0. The maximum absolute atomic E-state index is 12.6. The van der Waals surface area contributed by atoms with Gasteiger partial charge in [-0.3, -0.25) is 4.79 Å². The Morgan fingerprint density at radius 3 is 2.92 bits per heavy atom. The van der Waals surface area contributed by atoms with E-state index in [2.05, 4.69) is 29.6 Å². The molecule has 0 radical (unpaired) electrons. The summed E-state index contributed by atoms with van der Waals surface area (Å²) in [6, 6.07) is 12.1. The molecule has 0 aliphatic heterocycles. The number of hydrogen-bond acceptors (Lipinski definition) is 3. The van der Waals surface area contributed by atoms with Crippen molar-refractivity contribution in [1.82, 2.24) is 5.43 Å². The number of hydrazone groups is 1. The third-order valence-corrected chi connectivity index (χ3v) is 6.21. The average Bonchev–Trinajstić information content (AvgIpc) is 3.29. The SMILES string of the molecule is CCOc1ccc2ccccc2c1C=NNC(=O)[C@@H]1[C@H]2CCCC[C@]21C. The van der Waals surface area contributed by atoms with Gasteiger partial charge in [-0.25, -0.2) is 5.43 Å². The van der Waals surface area contributed by atoms with Gasteiger partial charge in [0.1, 0.15) is 5.75 Å². The van der Waals surface area contributed by atoms with Gasteiger partial charge in [0.25, 0.3) is 0 Å². The van der Waals surface area contributed by atoms with E-state index < -0.39 is 0 Å². The quantitative estimate of drug-likeness (QED) is 0.637. The molecule has 0 saturated heterocycles. The second-order valence-corrected chi connectivity index (χ2v) is 7.70. The molecule has 0 spiro atoms. The van der Waals surface area contributed by atoms with E-state index in [4.69, 9.17) is 4.74 Å². The standard InChI is InChI=1S/C22H26N2O2/c1-3-26-19-12-11-15-8-4-5-9-16(15)17(19)14-23-24-21(25)20-18-10-6-7-13-22(18,20)2/h4-5,8-9,11-12,14,18,20H,3,6-7,10,13H2,1-2H3,(H,24,25)/t18-,20+,22-/m1/s1. The number of carbonyl (C=O) groups is 1. The molecule has 2 aromatic rings. The van der Waals surface area contributed by atoms with E-state index in [1.165, 1.54) is 19.3 Å². The van der Waals surface area contributed by atoms with Gasteiger partial charge in [0.2, 0.25) is 5.91 Å². The van der Waals surface area contributed by atoms with Gasteiger partial charge in [-0.1, -0.05) is 50.1 Å². The Kier molecular flexibility index (Phi) is 4.43. The molecule has 2 fully saturated rings. The zero-order chi connectivity index (χ0) is 18.1. The molecule has 3 atom stereocenters. The molecule has 2 aliphatic rings. The lowest BCUT2D eigenvalue weighted by Crippen LogP contribution is -2.22. The number of fused-ring (bicyclic) bond motifs is 2. The fraction of sp³-hybridized carbons (Fsp3) is 0.455. The van der Waals surface area contributed by atoms with Crippen LogP contribution in [0.3, 0.4) is 0 Å². The summed E-state index contributed by atoms with van der Waals surface area (Å²) in [5, 5.41) is 6.48. The van der Waals surface area contributed by atoms with Crippen molar-refractivity contribution >= 4 is 22.9 Å². The maximum Gasteiger partial charge on any atom is 0.244 e. The molecular weight excluding hydrogens is 324 g/mol. The molecule has 26 heavy (non-hydrogen) atoms. The lowest BCUT2D eigenvalue weighted by molar-refractivity contribution is -0.123. The minimum Gasteiger partial charge on any atom is -0.493 e. The number of nitrogens with one attached hydrogen (secondary N) is 1. The Morgan fingerprint density at radius 2 is 2.15 bits per heavy atom. The Hall–Kier alpha value is -2.36. The molecule has 0 heterocycles. The van der Waals surface area contributed by atoms with E-state index in [9.17, 15) is 4.79 Å². The Morgan fingerprint density at radius 1 is 1.31 bits per heavy atom. The van der Waals surface area contributed by atoms with Crippen LogP contribution in [0.15, 0.2) is 41.5 Å². The number of amides is 1. The van der Waals surface area contributed by atoms with Crippen molar-refractivity contribution in [3.05, 3.63) is 42.0 Å². The second kappa shape index (κ2) is 6.75. The lowest BCUT2D eigenvalue weighted by atomic mass is 9.90. The second-order valence-electron chi connectivity index (χ2n) is 7.70. The molecule has 4 rings (SSSR count). The van der Waals surface area contributed by atoms with Crippen LogP contribution in [-0.4, -0.2) is 18.7 Å². The number of hydrogen-bond donors (Lipinski definition) is 1. The van der Waals surface area contributed by atoms with Crippen LogP contribution in [0.2, 0.25) is 0 Å². The van der Waals surface area contributed by atoms with Crippen LogP contribution in [0.5, 0.6) is 5.75 Å². The van der Waals surface area contributed by atoms with E-state index in [1.54, 1.807) is 6.21 Å². The number of nitrogens with zero attached hydrogens (tertiary/aromatic N) is 1. The van der Waals surface area contributed by atoms with Crippen molar-refractivity contribution in [3.63, 3.8) is 0 Å². The highest BCUT2D eigenvalue weighted by Gasteiger charge is 2.64. The summed E-state index contributed by atoms with van der Waals surface area (Å²) in [5.74, 6) is 1.52. The maximum atomic E-state index is 12.6. The Bertz CT molecular complexity index is 860. The van der Waals surface area contributed by atoms with Crippen LogP contribution < -0.4 is 10.2 Å². The number of carbonyl (C=O) groups excluding carboxylic acids is 1. The topological polar surface area (TPSA) is 50.7 Å². The molecular formula is C22H26N2O2. The molecule has 4 heteroatoms. The highest BCUT2D eigenvalue weighted by atomic mass is 16.5. The smallest absolute Gasteiger partial charge is 0.244 e. The van der Waals surface area contributed by atoms with Gasteiger partial charge in [-0.05, 0) is 47.9 Å². The highest BCUT2D eigenvalue weighted by Crippen LogP contribution is 2.66. The number of ether oxygens (including phenoxy) is 1. The van der Waals surface area contributed by atoms with E-state index in [0.717, 1.165) is 28.5 Å². The van der Waals surface area contributed by atoms with Crippen LogP contribution in [-0.2, 0) is 4.79 Å². The average molecular weight is 350 g/mol. The van der Waals surface area contributed by atoms with E-state index in [0.29, 0.717) is 12.5 Å². The third-order valence-electron chi connectivity index (χ3n) is 6.21. The largest absolute Gasteiger partial charge is 0.493 e. The zero-order valence-corrected chi connectivity index (χ0v) is 15.5. The first-order chi connectivity index (χ1) is 12.6. The fourth-order valence-corrected chi connectivity index (χ4v) is 4.77. The summed E-state index contributed by atoms with van der Waals surface area (Å²) in [6.45, 7) is 4.81. The van der Waals surface area contributed by atoms with E-state index in [1.807, 2.05) is 31.2 Å². The minimum atomic E-state index is 0.0637. The molecule has 2 aliphatic carbocycles. The highest BCUT2D eigenvalue weighted by molar-refractivity contribution is 6.02. The number of benzene rings is 2. The van der Waals surface area contributed by atoms with Gasteiger partial charge in [0.15, 0.2) is 0 Å². The summed E-state index contributed by atoms with van der Waals surface area (Å²) < 4.78 is 5.75. The third kappa shape index (κ3) is 2.87. The Balaban J connectivity index is 1.53. The van der Waals surface area contributed by atoms with Crippen LogP contribution in [0.25, 0.3) is 10.8 Å². The van der Waals surface area contributed by atoms with Gasteiger partial charge in [0.05, 0.1) is 12.8 Å². The first-order valence-electron chi connectivity index (χ1n) is 9.62. The molecule has 0 bridgehead atoms. The predicted molar refractivity (Wildman–Crippen MR) is 104 cm³/mol. The summed E-state index contributed by atoms with van der Waals surface area (Å²) in [5.41, 5.74) is 3.89. The molecule has 0 unspecified atom stereocenters. The van der Waals surface area contributed by atoms with Crippen molar-refractivity contribution < 1.29 is 9.53 Å². The van der Waals surface area contributed by atoms with E-state index >= 15 is 0 Å². The van der Waals surface area contributed by atoms with Crippen molar-refractivity contribution in [2.75, 3.05) is 6.61 Å². The van der Waals surface area contributed by atoms with Crippen LogP contribution in [0.4, 0.5) is 0 Å². The molecule has 4 nitrogen and oxygen atoms in total. The van der Waals surface area contributed by atoms with Gasteiger partial charge < -0.3 is 4.74 Å². The molecule has 0 aromatic heterocycles. The fourth-order valence-electron chi connectivity index (χ4n) is 4.77. The monoisotopic (exact) mass is 350 g/mol. The molecule has 2 aromatic carbocycles. The van der Waals surface area contributed by atoms with Crippen molar-refractivity contribution in [2.24, 2.45) is 22.4 Å². The predicted octanol–water partition coefficient (Wildman–Crippen LogP) is 4.51. The van der Waals surface area contributed by atoms with Crippen LogP contribution in [0, 0.1) is 17.3 Å². The first-order valence-corrected chi connectivity index (χ1v) is 9.62. The summed E-state index contributed by atoms with van der Waals surface area (Å²) in [6.07, 6.45) is 6.56. The zero-order valence-electron chi connectivity index (χ0n) is 15.5. The Labute approximate surface area is 154 Å². The van der Waals surface area contributed by atoms with Crippen molar-refractivity contribution in [1.29, 1.82) is 0 Å². The van der Waals surface area contributed by atoms with Crippen LogP contribution in [0.1, 0.15) is 45.1 Å². The minimum absolute atomic E-state index is 0.0637. The number of rotatable bonds is 5. The first kappa shape index (κ1) is 17.1. The molecule has 1 N–H and O–H groups in total. The molecule has 1 amide bonds. The normalized spacial score (nSPS) is 27.3. The van der Waals surface area contributed by atoms with Crippen molar-refractivity contribution in [2.45, 2.75) is 39.5 Å². The van der Waals surface area contributed by atoms with Crippen molar-refractivity contribution in [3.8, 4) is 5.75 Å². The van der Waals surface area contributed by atoms with Gasteiger partial charge >= 0.3 is 0 Å². The van der Waals surface area contributed by atoms with Crippen LogP contribution >= 0.6 is 0 Å². The molecule has 136 valence electrons. The van der Waals surface area contributed by atoms with E-state index in [-0.39, 0.29) is 17.2 Å². The summed E-state index contributed by atoms with van der Waals surface area (Å²) in [4.78, 5) is 12.6. The van der Waals surface area contributed by atoms with Gasteiger partial charge in [-0.15, -0.1) is 0 Å². The summed E-state index contributed by atoms with van der Waals surface area (Å²) >= 11 is 0. The van der Waals surface area contributed by atoms with Gasteiger partial charge in [-0.2, -0.15) is 5.10 Å². The molecule has 2 saturated carbocycles. The lowest BCUT2D eigenvalue weighted by Gasteiger charge is -2.15.